The summed E-state index contributed by atoms with van der Waals surface area (Å²) < 4.78 is 0. The van der Waals surface area contributed by atoms with Crippen molar-refractivity contribution < 1.29 is 9.59 Å². The number of rotatable bonds is 9. The van der Waals surface area contributed by atoms with E-state index < -0.39 is 6.04 Å². The van der Waals surface area contributed by atoms with Gasteiger partial charge in [0.25, 0.3) is 0 Å². The van der Waals surface area contributed by atoms with Gasteiger partial charge < -0.3 is 10.2 Å². The van der Waals surface area contributed by atoms with Crippen LogP contribution >= 0.6 is 11.6 Å². The zero-order valence-corrected chi connectivity index (χ0v) is 18.5. The van der Waals surface area contributed by atoms with Gasteiger partial charge in [0.15, 0.2) is 0 Å². The van der Waals surface area contributed by atoms with Gasteiger partial charge in [-0.2, -0.15) is 0 Å². The molecule has 0 aliphatic heterocycles. The van der Waals surface area contributed by atoms with Gasteiger partial charge in [0.05, 0.1) is 6.42 Å². The summed E-state index contributed by atoms with van der Waals surface area (Å²) in [6.07, 6.45) is 1.63. The Morgan fingerprint density at radius 2 is 1.69 bits per heavy atom. The van der Waals surface area contributed by atoms with E-state index in [0.29, 0.717) is 18.0 Å². The van der Waals surface area contributed by atoms with E-state index in [1.165, 1.54) is 0 Å². The molecule has 2 rings (SSSR count). The number of aryl methyl sites for hydroxylation is 1. The van der Waals surface area contributed by atoms with Crippen molar-refractivity contribution in [2.24, 2.45) is 0 Å². The van der Waals surface area contributed by atoms with E-state index in [0.717, 1.165) is 23.1 Å². The van der Waals surface area contributed by atoms with Crippen LogP contribution in [0, 0.1) is 6.92 Å². The third kappa shape index (κ3) is 6.60. The molecule has 0 saturated carbocycles. The SMILES string of the molecule is CC[C@H](C(=O)N[C@@H](C)CC)N(Cc1ccccc1C)C(=O)Cc1ccc(Cl)cc1. The van der Waals surface area contributed by atoms with Crippen LogP contribution in [0.2, 0.25) is 5.02 Å². The van der Waals surface area contributed by atoms with Crippen molar-refractivity contribution in [1.29, 1.82) is 0 Å². The predicted molar refractivity (Wildman–Crippen MR) is 119 cm³/mol. The fourth-order valence-corrected chi connectivity index (χ4v) is 3.34. The Kier molecular flexibility index (Phi) is 8.71. The van der Waals surface area contributed by atoms with E-state index in [-0.39, 0.29) is 24.3 Å². The van der Waals surface area contributed by atoms with Gasteiger partial charge in [-0.05, 0) is 55.5 Å². The standard InChI is InChI=1S/C24H31ClN2O2/c1-5-18(4)26-24(29)22(6-2)27(16-20-10-8-7-9-17(20)3)23(28)15-19-11-13-21(25)14-12-19/h7-14,18,22H,5-6,15-16H2,1-4H3,(H,26,29)/t18-,22+/m0/s1. The van der Waals surface area contributed by atoms with Gasteiger partial charge in [0.2, 0.25) is 11.8 Å². The summed E-state index contributed by atoms with van der Waals surface area (Å²) in [4.78, 5) is 27.9. The highest BCUT2D eigenvalue weighted by Crippen LogP contribution is 2.18. The smallest absolute Gasteiger partial charge is 0.243 e. The Morgan fingerprint density at radius 1 is 1.03 bits per heavy atom. The van der Waals surface area contributed by atoms with Crippen molar-refractivity contribution in [2.75, 3.05) is 0 Å². The van der Waals surface area contributed by atoms with Crippen LogP contribution in [-0.2, 0) is 22.6 Å². The predicted octanol–water partition coefficient (Wildman–Crippen LogP) is 4.91. The minimum atomic E-state index is -0.511. The van der Waals surface area contributed by atoms with Gasteiger partial charge in [0.1, 0.15) is 6.04 Å². The van der Waals surface area contributed by atoms with E-state index in [9.17, 15) is 9.59 Å². The summed E-state index contributed by atoms with van der Waals surface area (Å²) in [5.74, 6) is -0.165. The molecule has 0 saturated heterocycles. The molecule has 0 aliphatic rings. The molecule has 0 radical (unpaired) electrons. The molecule has 2 atom stereocenters. The lowest BCUT2D eigenvalue weighted by Gasteiger charge is -2.32. The zero-order chi connectivity index (χ0) is 21.4. The molecule has 0 unspecified atom stereocenters. The molecule has 0 fully saturated rings. The van der Waals surface area contributed by atoms with Crippen molar-refractivity contribution in [3.8, 4) is 0 Å². The molecule has 0 bridgehead atoms. The van der Waals surface area contributed by atoms with Crippen LogP contribution in [-0.4, -0.2) is 28.8 Å². The van der Waals surface area contributed by atoms with Crippen molar-refractivity contribution in [1.82, 2.24) is 10.2 Å². The number of amides is 2. The summed E-state index contributed by atoms with van der Waals surface area (Å²) in [5.41, 5.74) is 3.03. The molecule has 0 aromatic heterocycles. The summed E-state index contributed by atoms with van der Waals surface area (Å²) in [7, 11) is 0. The van der Waals surface area contributed by atoms with E-state index in [1.54, 1.807) is 17.0 Å². The molecular formula is C24H31ClN2O2. The largest absolute Gasteiger partial charge is 0.352 e. The Balaban J connectivity index is 2.30. The zero-order valence-electron chi connectivity index (χ0n) is 17.7. The molecule has 1 N–H and O–H groups in total. The number of hydrogen-bond donors (Lipinski definition) is 1. The van der Waals surface area contributed by atoms with E-state index in [4.69, 9.17) is 11.6 Å². The number of carbonyl (C=O) groups is 2. The van der Waals surface area contributed by atoms with Crippen LogP contribution < -0.4 is 5.32 Å². The normalized spacial score (nSPS) is 12.9. The molecular weight excluding hydrogens is 384 g/mol. The maximum absolute atomic E-state index is 13.3. The summed E-state index contributed by atoms with van der Waals surface area (Å²) >= 11 is 5.96. The van der Waals surface area contributed by atoms with Crippen molar-refractivity contribution >= 4 is 23.4 Å². The maximum atomic E-state index is 13.3. The first kappa shape index (κ1) is 23.0. The lowest BCUT2D eigenvalue weighted by Crippen LogP contribution is -2.51. The lowest BCUT2D eigenvalue weighted by atomic mass is 10.0. The van der Waals surface area contributed by atoms with Crippen LogP contribution in [0.25, 0.3) is 0 Å². The number of nitrogens with one attached hydrogen (secondary N) is 1. The van der Waals surface area contributed by atoms with Crippen LogP contribution in [0.3, 0.4) is 0 Å². The number of nitrogens with zero attached hydrogens (tertiary/aromatic N) is 1. The Labute approximate surface area is 179 Å². The third-order valence-corrected chi connectivity index (χ3v) is 5.51. The van der Waals surface area contributed by atoms with Crippen molar-refractivity contribution in [3.05, 3.63) is 70.2 Å². The van der Waals surface area contributed by atoms with Crippen LogP contribution in [0.4, 0.5) is 0 Å². The molecule has 156 valence electrons. The molecule has 0 aliphatic carbocycles. The monoisotopic (exact) mass is 414 g/mol. The fraction of sp³-hybridized carbons (Fsp3) is 0.417. The molecule has 4 nitrogen and oxygen atoms in total. The Bertz CT molecular complexity index is 820. The van der Waals surface area contributed by atoms with Crippen molar-refractivity contribution in [2.45, 2.75) is 65.6 Å². The van der Waals surface area contributed by atoms with Gasteiger partial charge in [-0.1, -0.05) is 61.8 Å². The molecule has 2 amide bonds. The number of benzene rings is 2. The first-order chi connectivity index (χ1) is 13.8. The van der Waals surface area contributed by atoms with Crippen LogP contribution in [0.1, 0.15) is 50.3 Å². The second-order valence-corrected chi connectivity index (χ2v) is 7.93. The van der Waals surface area contributed by atoms with Gasteiger partial charge in [-0.25, -0.2) is 0 Å². The average molecular weight is 415 g/mol. The summed E-state index contributed by atoms with van der Waals surface area (Å²) in [6, 6.07) is 14.8. The van der Waals surface area contributed by atoms with E-state index in [2.05, 4.69) is 5.32 Å². The average Bonchev–Trinajstić information content (AvgIpc) is 2.70. The van der Waals surface area contributed by atoms with E-state index in [1.807, 2.05) is 64.1 Å². The highest BCUT2D eigenvalue weighted by molar-refractivity contribution is 6.30. The Morgan fingerprint density at radius 3 is 2.28 bits per heavy atom. The van der Waals surface area contributed by atoms with E-state index >= 15 is 0 Å². The maximum Gasteiger partial charge on any atom is 0.243 e. The Hall–Kier alpha value is -2.33. The van der Waals surface area contributed by atoms with Crippen LogP contribution in [0.5, 0.6) is 0 Å². The molecule has 0 heterocycles. The fourth-order valence-electron chi connectivity index (χ4n) is 3.21. The number of halogens is 1. The second-order valence-electron chi connectivity index (χ2n) is 7.49. The molecule has 29 heavy (non-hydrogen) atoms. The first-order valence-corrected chi connectivity index (χ1v) is 10.6. The highest BCUT2D eigenvalue weighted by atomic mass is 35.5. The molecule has 0 spiro atoms. The van der Waals surface area contributed by atoms with Crippen molar-refractivity contribution in [3.63, 3.8) is 0 Å². The molecule has 2 aromatic rings. The number of carbonyl (C=O) groups excluding carboxylic acids is 2. The minimum absolute atomic E-state index is 0.0678. The van der Waals surface area contributed by atoms with Crippen LogP contribution in [0.15, 0.2) is 48.5 Å². The van der Waals surface area contributed by atoms with Gasteiger partial charge in [-0.3, -0.25) is 9.59 Å². The first-order valence-electron chi connectivity index (χ1n) is 10.2. The summed E-state index contributed by atoms with van der Waals surface area (Å²) in [6.45, 7) is 8.39. The minimum Gasteiger partial charge on any atom is -0.352 e. The third-order valence-electron chi connectivity index (χ3n) is 5.26. The topological polar surface area (TPSA) is 49.4 Å². The molecule has 5 heteroatoms. The molecule has 2 aromatic carbocycles. The van der Waals surface area contributed by atoms with Gasteiger partial charge in [-0.15, -0.1) is 0 Å². The summed E-state index contributed by atoms with van der Waals surface area (Å²) in [5, 5.41) is 3.67. The quantitative estimate of drug-likeness (QED) is 0.633. The highest BCUT2D eigenvalue weighted by Gasteiger charge is 2.29. The number of hydrogen-bond acceptors (Lipinski definition) is 2. The second kappa shape index (κ2) is 11.0. The lowest BCUT2D eigenvalue weighted by molar-refractivity contribution is -0.141. The van der Waals surface area contributed by atoms with Gasteiger partial charge >= 0.3 is 0 Å². The van der Waals surface area contributed by atoms with Gasteiger partial charge in [0, 0.05) is 17.6 Å².